The molecule has 0 aliphatic heterocycles. The van der Waals surface area contributed by atoms with Crippen molar-refractivity contribution in [2.75, 3.05) is 0 Å². The quantitative estimate of drug-likeness (QED) is 0.903. The zero-order chi connectivity index (χ0) is 13.1. The van der Waals surface area contributed by atoms with Gasteiger partial charge in [-0.3, -0.25) is 4.98 Å². The first kappa shape index (κ1) is 12.3. The summed E-state index contributed by atoms with van der Waals surface area (Å²) in [5.74, 6) is 0.972. The Kier molecular flexibility index (Phi) is 2.48. The number of hydrogen-bond donors (Lipinski definition) is 1. The molecule has 1 N–H and O–H groups in total. The van der Waals surface area contributed by atoms with E-state index in [-0.39, 0.29) is 0 Å². The summed E-state index contributed by atoms with van der Waals surface area (Å²) >= 11 is 1.78. The molecule has 1 heterocycles. The molecule has 19 heavy (non-hydrogen) atoms. The topological polar surface area (TPSA) is 24.9 Å². The fourth-order valence-electron chi connectivity index (χ4n) is 6.25. The van der Waals surface area contributed by atoms with Crippen LogP contribution in [-0.2, 0) is 6.54 Å². The van der Waals surface area contributed by atoms with Crippen molar-refractivity contribution in [2.45, 2.75) is 64.5 Å². The minimum Gasteiger partial charge on any atom is -0.306 e. The number of hydrogen-bond acceptors (Lipinski definition) is 3. The summed E-state index contributed by atoms with van der Waals surface area (Å²) in [6, 6.07) is 0. The normalized spacial score (nSPS) is 47.8. The Morgan fingerprint density at radius 1 is 1.21 bits per heavy atom. The molecule has 4 bridgehead atoms. The van der Waals surface area contributed by atoms with E-state index >= 15 is 0 Å². The van der Waals surface area contributed by atoms with E-state index in [9.17, 15) is 0 Å². The minimum absolute atomic E-state index is 0.424. The van der Waals surface area contributed by atoms with Gasteiger partial charge in [0.2, 0.25) is 0 Å². The van der Waals surface area contributed by atoms with E-state index in [1.165, 1.54) is 43.4 Å². The number of aromatic nitrogens is 1. The second kappa shape index (κ2) is 3.82. The first-order valence-electron chi connectivity index (χ1n) is 7.61. The van der Waals surface area contributed by atoms with E-state index < -0.39 is 0 Å². The molecule has 2 nitrogen and oxygen atoms in total. The van der Waals surface area contributed by atoms with Crippen molar-refractivity contribution in [3.8, 4) is 0 Å². The van der Waals surface area contributed by atoms with Gasteiger partial charge in [0.25, 0.3) is 0 Å². The van der Waals surface area contributed by atoms with Crippen LogP contribution < -0.4 is 5.32 Å². The second-order valence-corrected chi connectivity index (χ2v) is 9.20. The first-order valence-corrected chi connectivity index (χ1v) is 8.49. The highest BCUT2D eigenvalue weighted by atomic mass is 32.1. The molecule has 4 fully saturated rings. The van der Waals surface area contributed by atoms with Crippen molar-refractivity contribution < 1.29 is 0 Å². The van der Waals surface area contributed by atoms with Gasteiger partial charge in [0.1, 0.15) is 0 Å². The Morgan fingerprint density at radius 3 is 2.53 bits per heavy atom. The molecule has 4 aliphatic rings. The first-order chi connectivity index (χ1) is 8.99. The molecule has 0 spiro atoms. The van der Waals surface area contributed by atoms with Crippen LogP contribution in [0.3, 0.4) is 0 Å². The number of rotatable bonds is 3. The highest BCUT2D eigenvalue weighted by Gasteiger charge is 2.59. The van der Waals surface area contributed by atoms with Crippen molar-refractivity contribution >= 4 is 11.3 Å². The summed E-state index contributed by atoms with van der Waals surface area (Å²) in [5.41, 5.74) is 3.58. The maximum absolute atomic E-state index is 4.19. The lowest BCUT2D eigenvalue weighted by Gasteiger charge is -2.65. The molecule has 0 amide bonds. The maximum Gasteiger partial charge on any atom is 0.0794 e. The lowest BCUT2D eigenvalue weighted by Crippen LogP contribution is -2.63. The van der Waals surface area contributed by atoms with Crippen LogP contribution in [-0.4, -0.2) is 10.5 Å². The molecule has 4 aliphatic carbocycles. The average Bonchev–Trinajstić information content (AvgIpc) is 2.73. The van der Waals surface area contributed by atoms with Crippen LogP contribution in [0.1, 0.15) is 57.2 Å². The summed E-state index contributed by atoms with van der Waals surface area (Å²) in [6.07, 6.45) is 10.6. The van der Waals surface area contributed by atoms with Crippen molar-refractivity contribution in [1.82, 2.24) is 10.3 Å². The Balaban J connectivity index is 1.57. The second-order valence-electron chi connectivity index (χ2n) is 8.23. The van der Waals surface area contributed by atoms with Crippen LogP contribution in [0.25, 0.3) is 0 Å². The van der Waals surface area contributed by atoms with Crippen LogP contribution in [0, 0.1) is 16.7 Å². The summed E-state index contributed by atoms with van der Waals surface area (Å²) in [4.78, 5) is 5.57. The average molecular weight is 276 g/mol. The van der Waals surface area contributed by atoms with Crippen LogP contribution in [0.4, 0.5) is 0 Å². The van der Waals surface area contributed by atoms with Gasteiger partial charge in [0, 0.05) is 23.2 Å². The molecular formula is C16H24N2S. The molecular weight excluding hydrogens is 252 g/mol. The lowest BCUT2D eigenvalue weighted by molar-refractivity contribution is -0.118. The van der Waals surface area contributed by atoms with Gasteiger partial charge in [-0.25, -0.2) is 0 Å². The lowest BCUT2D eigenvalue weighted by atomic mass is 9.43. The fraction of sp³-hybridized carbons (Fsp3) is 0.812. The molecule has 5 rings (SSSR count). The highest BCUT2D eigenvalue weighted by molar-refractivity contribution is 7.09. The fourth-order valence-corrected chi connectivity index (χ4v) is 6.78. The molecule has 1 aromatic rings. The Hall–Kier alpha value is -0.410. The van der Waals surface area contributed by atoms with Gasteiger partial charge in [-0.05, 0) is 55.3 Å². The Labute approximate surface area is 120 Å². The predicted octanol–water partition coefficient (Wildman–Crippen LogP) is 3.98. The van der Waals surface area contributed by atoms with Crippen molar-refractivity contribution in [2.24, 2.45) is 16.7 Å². The van der Waals surface area contributed by atoms with Crippen molar-refractivity contribution in [3.05, 3.63) is 16.6 Å². The van der Waals surface area contributed by atoms with Crippen LogP contribution in [0.5, 0.6) is 0 Å². The standard InChI is InChI=1S/C16H24N2S/c1-14-3-12-4-15(2,8-14)10-16(5-12,9-14)18-7-13-6-17-11-19-13/h6,11-12,18H,3-5,7-10H2,1-2H3. The van der Waals surface area contributed by atoms with E-state index in [0.717, 1.165) is 12.5 Å². The molecule has 104 valence electrons. The predicted molar refractivity (Wildman–Crippen MR) is 79.1 cm³/mol. The largest absolute Gasteiger partial charge is 0.306 e. The molecule has 0 aromatic carbocycles. The van der Waals surface area contributed by atoms with Crippen LogP contribution in [0.15, 0.2) is 11.7 Å². The number of nitrogens with zero attached hydrogens (tertiary/aromatic N) is 1. The van der Waals surface area contributed by atoms with Gasteiger partial charge in [0.15, 0.2) is 0 Å². The zero-order valence-electron chi connectivity index (χ0n) is 12.0. The Morgan fingerprint density at radius 2 is 1.95 bits per heavy atom. The third-order valence-electron chi connectivity index (χ3n) is 5.75. The van der Waals surface area contributed by atoms with Crippen LogP contribution >= 0.6 is 11.3 Å². The number of nitrogens with one attached hydrogen (secondary N) is 1. The van der Waals surface area contributed by atoms with Gasteiger partial charge < -0.3 is 5.32 Å². The molecule has 0 saturated heterocycles. The third-order valence-corrected chi connectivity index (χ3v) is 6.53. The van der Waals surface area contributed by atoms with Crippen molar-refractivity contribution in [3.63, 3.8) is 0 Å². The van der Waals surface area contributed by atoms with Gasteiger partial charge >= 0.3 is 0 Å². The molecule has 0 radical (unpaired) electrons. The minimum atomic E-state index is 0.424. The van der Waals surface area contributed by atoms with Gasteiger partial charge in [-0.15, -0.1) is 11.3 Å². The van der Waals surface area contributed by atoms with E-state index in [1.807, 2.05) is 11.7 Å². The van der Waals surface area contributed by atoms with Gasteiger partial charge in [0.05, 0.1) is 5.51 Å². The van der Waals surface area contributed by atoms with Crippen molar-refractivity contribution in [1.29, 1.82) is 0 Å². The molecule has 2 atom stereocenters. The van der Waals surface area contributed by atoms with E-state index in [4.69, 9.17) is 0 Å². The number of thiazole rings is 1. The van der Waals surface area contributed by atoms with Crippen LogP contribution in [0.2, 0.25) is 0 Å². The zero-order valence-corrected chi connectivity index (χ0v) is 12.9. The molecule has 4 saturated carbocycles. The third kappa shape index (κ3) is 2.06. The maximum atomic E-state index is 4.19. The molecule has 3 heteroatoms. The summed E-state index contributed by atoms with van der Waals surface area (Å²) in [6.45, 7) is 6.10. The van der Waals surface area contributed by atoms with Gasteiger partial charge in [-0.1, -0.05) is 13.8 Å². The monoisotopic (exact) mass is 276 g/mol. The summed E-state index contributed by atoms with van der Waals surface area (Å²) < 4.78 is 0. The smallest absolute Gasteiger partial charge is 0.0794 e. The van der Waals surface area contributed by atoms with E-state index in [2.05, 4.69) is 24.1 Å². The summed E-state index contributed by atoms with van der Waals surface area (Å²) in [5, 5.41) is 3.95. The molecule has 2 unspecified atom stereocenters. The van der Waals surface area contributed by atoms with Gasteiger partial charge in [-0.2, -0.15) is 0 Å². The Bertz CT molecular complexity index is 463. The van der Waals surface area contributed by atoms with E-state index in [1.54, 1.807) is 11.3 Å². The SMILES string of the molecule is CC12CC3CC(C)(C1)CC(NCc1cncs1)(C3)C2. The summed E-state index contributed by atoms with van der Waals surface area (Å²) in [7, 11) is 0. The van der Waals surface area contributed by atoms with E-state index in [0.29, 0.717) is 16.4 Å². The highest BCUT2D eigenvalue weighted by Crippen LogP contribution is 2.66. The molecule has 1 aromatic heterocycles.